The standard InChI is InChI=1S/C21H15Cl4F3N2O3/c22-14-9-13(31-7-4-18(24)25)10-15(23)20(14)33-6-1-5-32-19-11-29-17-8-12(21(26,27)28)2-3-16(17)30-19/h2-4,8-11H,1,5-7H2. The molecule has 0 N–H and O–H groups in total. The highest BCUT2D eigenvalue weighted by Crippen LogP contribution is 2.37. The number of halogens is 7. The lowest BCUT2D eigenvalue weighted by molar-refractivity contribution is -0.137. The maximum Gasteiger partial charge on any atom is 0.416 e. The number of aromatic nitrogens is 2. The molecule has 0 aliphatic heterocycles. The normalized spacial score (nSPS) is 11.4. The van der Waals surface area contributed by atoms with Gasteiger partial charge in [-0.05, 0) is 24.3 Å². The first-order valence-electron chi connectivity index (χ1n) is 9.36. The second kappa shape index (κ2) is 11.3. The molecular formula is C21H15Cl4F3N2O3. The van der Waals surface area contributed by atoms with E-state index in [4.69, 9.17) is 60.6 Å². The number of fused-ring (bicyclic) bond motifs is 1. The lowest BCUT2D eigenvalue weighted by atomic mass is 10.2. The van der Waals surface area contributed by atoms with E-state index in [1.807, 2.05) is 0 Å². The molecule has 3 rings (SSSR count). The van der Waals surface area contributed by atoms with Gasteiger partial charge in [0.15, 0.2) is 5.75 Å². The summed E-state index contributed by atoms with van der Waals surface area (Å²) in [6.45, 7) is 0.608. The van der Waals surface area contributed by atoms with Gasteiger partial charge in [0.2, 0.25) is 5.88 Å². The molecule has 12 heteroatoms. The smallest absolute Gasteiger partial charge is 0.416 e. The van der Waals surface area contributed by atoms with E-state index in [0.29, 0.717) is 23.4 Å². The van der Waals surface area contributed by atoms with Crippen molar-refractivity contribution in [3.05, 3.63) is 62.7 Å². The summed E-state index contributed by atoms with van der Waals surface area (Å²) in [6, 6.07) is 6.23. The zero-order valence-electron chi connectivity index (χ0n) is 16.6. The second-order valence-electron chi connectivity index (χ2n) is 6.48. The molecule has 1 aromatic heterocycles. The molecule has 0 saturated heterocycles. The predicted molar refractivity (Wildman–Crippen MR) is 122 cm³/mol. The third-order valence-electron chi connectivity index (χ3n) is 4.09. The third-order valence-corrected chi connectivity index (χ3v) is 4.96. The van der Waals surface area contributed by atoms with Crippen LogP contribution in [0.4, 0.5) is 13.2 Å². The first-order chi connectivity index (χ1) is 15.6. The Morgan fingerprint density at radius 2 is 1.64 bits per heavy atom. The van der Waals surface area contributed by atoms with E-state index >= 15 is 0 Å². The number of alkyl halides is 3. The van der Waals surface area contributed by atoms with Gasteiger partial charge in [0, 0.05) is 18.6 Å². The molecule has 0 radical (unpaired) electrons. The van der Waals surface area contributed by atoms with E-state index in [0.717, 1.165) is 12.1 Å². The van der Waals surface area contributed by atoms with Gasteiger partial charge in [0.25, 0.3) is 0 Å². The Kier molecular flexibility index (Phi) is 8.75. The fourth-order valence-corrected chi connectivity index (χ4v) is 3.31. The summed E-state index contributed by atoms with van der Waals surface area (Å²) < 4.78 is 55.0. The number of hydrogen-bond donors (Lipinski definition) is 0. The van der Waals surface area contributed by atoms with Crippen molar-refractivity contribution in [3.63, 3.8) is 0 Å². The minimum atomic E-state index is -4.44. The Labute approximate surface area is 207 Å². The van der Waals surface area contributed by atoms with Gasteiger partial charge < -0.3 is 14.2 Å². The predicted octanol–water partition coefficient (Wildman–Crippen LogP) is 7.50. The average molecular weight is 542 g/mol. The Balaban J connectivity index is 1.50. The Hall–Kier alpha value is -2.13. The number of hydrogen-bond acceptors (Lipinski definition) is 5. The summed E-state index contributed by atoms with van der Waals surface area (Å²) in [6.07, 6.45) is -1.26. The molecule has 5 nitrogen and oxygen atoms in total. The summed E-state index contributed by atoms with van der Waals surface area (Å²) in [5.41, 5.74) is -0.371. The fourth-order valence-electron chi connectivity index (χ4n) is 2.61. The Morgan fingerprint density at radius 3 is 2.30 bits per heavy atom. The van der Waals surface area contributed by atoms with Crippen LogP contribution in [-0.2, 0) is 6.18 Å². The zero-order chi connectivity index (χ0) is 24.0. The van der Waals surface area contributed by atoms with Gasteiger partial charge in [0.05, 0.1) is 46.1 Å². The molecular weight excluding hydrogens is 527 g/mol. The molecule has 1 heterocycles. The summed E-state index contributed by atoms with van der Waals surface area (Å²) in [5.74, 6) is 0.900. The molecule has 0 amide bonds. The van der Waals surface area contributed by atoms with Crippen molar-refractivity contribution >= 4 is 57.4 Å². The van der Waals surface area contributed by atoms with Crippen molar-refractivity contribution in [1.29, 1.82) is 0 Å². The van der Waals surface area contributed by atoms with Gasteiger partial charge in [0.1, 0.15) is 16.8 Å². The summed E-state index contributed by atoms with van der Waals surface area (Å²) in [5, 5.41) is 0.524. The molecule has 0 fully saturated rings. The second-order valence-corrected chi connectivity index (χ2v) is 8.30. The van der Waals surface area contributed by atoms with Crippen LogP contribution in [0.15, 0.2) is 47.1 Å². The molecule has 0 aliphatic carbocycles. The maximum atomic E-state index is 12.8. The van der Waals surface area contributed by atoms with E-state index in [2.05, 4.69) is 9.97 Å². The van der Waals surface area contributed by atoms with Crippen LogP contribution in [0.25, 0.3) is 11.0 Å². The van der Waals surface area contributed by atoms with Gasteiger partial charge in [-0.2, -0.15) is 13.2 Å². The van der Waals surface area contributed by atoms with Gasteiger partial charge in [-0.15, -0.1) is 0 Å². The lowest BCUT2D eigenvalue weighted by Crippen LogP contribution is -2.07. The molecule has 176 valence electrons. The molecule has 0 unspecified atom stereocenters. The van der Waals surface area contributed by atoms with Gasteiger partial charge in [-0.1, -0.05) is 46.4 Å². The van der Waals surface area contributed by atoms with E-state index < -0.39 is 11.7 Å². The molecule has 0 spiro atoms. The van der Waals surface area contributed by atoms with E-state index in [1.54, 1.807) is 12.1 Å². The van der Waals surface area contributed by atoms with Crippen LogP contribution in [-0.4, -0.2) is 29.8 Å². The summed E-state index contributed by atoms with van der Waals surface area (Å²) >= 11 is 23.4. The van der Waals surface area contributed by atoms with Gasteiger partial charge >= 0.3 is 6.18 Å². The fraction of sp³-hybridized carbons (Fsp3) is 0.238. The minimum Gasteiger partial charge on any atom is -0.490 e. The number of rotatable bonds is 9. The van der Waals surface area contributed by atoms with Crippen LogP contribution < -0.4 is 14.2 Å². The van der Waals surface area contributed by atoms with Gasteiger partial charge in [-0.25, -0.2) is 9.97 Å². The molecule has 0 aliphatic rings. The SMILES string of the molecule is FC(F)(F)c1ccc2nc(OCCCOc3c(Cl)cc(OCC=C(Cl)Cl)cc3Cl)cnc2c1. The number of ether oxygens (including phenoxy) is 3. The monoisotopic (exact) mass is 540 g/mol. The quantitative estimate of drug-likeness (QED) is 0.262. The maximum absolute atomic E-state index is 12.8. The summed E-state index contributed by atoms with van der Waals surface area (Å²) in [7, 11) is 0. The third kappa shape index (κ3) is 7.43. The molecule has 33 heavy (non-hydrogen) atoms. The van der Waals surface area contributed by atoms with Crippen LogP contribution in [0.5, 0.6) is 17.4 Å². The highest BCUT2D eigenvalue weighted by molar-refractivity contribution is 6.55. The first kappa shape index (κ1) is 25.5. The molecule has 0 bridgehead atoms. The Bertz CT molecular complexity index is 1130. The van der Waals surface area contributed by atoms with Crippen molar-refractivity contribution < 1.29 is 27.4 Å². The minimum absolute atomic E-state index is 0.0830. The first-order valence-corrected chi connectivity index (χ1v) is 10.9. The van der Waals surface area contributed by atoms with Crippen LogP contribution in [0, 0.1) is 0 Å². The van der Waals surface area contributed by atoms with Crippen molar-refractivity contribution in [1.82, 2.24) is 9.97 Å². The van der Waals surface area contributed by atoms with E-state index in [-0.39, 0.29) is 45.8 Å². The van der Waals surface area contributed by atoms with Crippen molar-refractivity contribution in [2.24, 2.45) is 0 Å². The number of nitrogens with zero attached hydrogens (tertiary/aromatic N) is 2. The van der Waals surface area contributed by atoms with Crippen molar-refractivity contribution in [2.75, 3.05) is 19.8 Å². The highest BCUT2D eigenvalue weighted by atomic mass is 35.5. The zero-order valence-corrected chi connectivity index (χ0v) is 19.7. The van der Waals surface area contributed by atoms with Crippen molar-refractivity contribution in [2.45, 2.75) is 12.6 Å². The van der Waals surface area contributed by atoms with Crippen LogP contribution in [0.2, 0.25) is 10.0 Å². The summed E-state index contributed by atoms with van der Waals surface area (Å²) in [4.78, 5) is 8.14. The largest absolute Gasteiger partial charge is 0.490 e. The molecule has 3 aromatic rings. The van der Waals surface area contributed by atoms with Crippen molar-refractivity contribution in [3.8, 4) is 17.4 Å². The van der Waals surface area contributed by atoms with E-state index in [9.17, 15) is 13.2 Å². The topological polar surface area (TPSA) is 53.5 Å². The van der Waals surface area contributed by atoms with Crippen LogP contribution in [0.3, 0.4) is 0 Å². The molecule has 0 saturated carbocycles. The highest BCUT2D eigenvalue weighted by Gasteiger charge is 2.30. The lowest BCUT2D eigenvalue weighted by Gasteiger charge is -2.12. The Morgan fingerprint density at radius 1 is 0.939 bits per heavy atom. The van der Waals surface area contributed by atoms with Crippen LogP contribution >= 0.6 is 46.4 Å². The average Bonchev–Trinajstić information content (AvgIpc) is 2.73. The molecule has 2 aromatic carbocycles. The molecule has 0 atom stereocenters. The van der Waals surface area contributed by atoms with Gasteiger partial charge in [-0.3, -0.25) is 0 Å². The van der Waals surface area contributed by atoms with E-state index in [1.165, 1.54) is 18.3 Å². The van der Waals surface area contributed by atoms with Crippen LogP contribution in [0.1, 0.15) is 12.0 Å². The number of benzene rings is 2.